The van der Waals surface area contributed by atoms with Crippen molar-refractivity contribution in [3.05, 3.63) is 107 Å². The number of carbonyl (C=O) groups is 1. The van der Waals surface area contributed by atoms with Gasteiger partial charge in [-0.05, 0) is 60.4 Å². The number of aromatic carboxylic acids is 1. The number of pyridine rings is 1. The van der Waals surface area contributed by atoms with Crippen LogP contribution in [0.5, 0.6) is 5.75 Å². The molecule has 0 radical (unpaired) electrons. The summed E-state index contributed by atoms with van der Waals surface area (Å²) in [6.07, 6.45) is 7.37. The van der Waals surface area contributed by atoms with Gasteiger partial charge >= 0.3 is 5.97 Å². The molecule has 1 aliphatic carbocycles. The summed E-state index contributed by atoms with van der Waals surface area (Å²) < 4.78 is 6.01. The Kier molecular flexibility index (Phi) is 7.75. The van der Waals surface area contributed by atoms with Crippen molar-refractivity contribution >= 4 is 23.1 Å². The quantitative estimate of drug-likeness (QED) is 0.197. The Morgan fingerprint density at radius 2 is 1.70 bits per heavy atom. The number of aromatic nitrogens is 1. The molecule has 6 heteroatoms. The molecule has 6 nitrogen and oxygen atoms in total. The summed E-state index contributed by atoms with van der Waals surface area (Å²) in [6.45, 7) is 0.400. The highest BCUT2D eigenvalue weighted by Crippen LogP contribution is 2.37. The van der Waals surface area contributed by atoms with E-state index in [4.69, 9.17) is 14.7 Å². The van der Waals surface area contributed by atoms with Gasteiger partial charge in [0.05, 0.1) is 23.0 Å². The fraction of sp³-hybridized carbons (Fsp3) is 0.258. The molecule has 188 valence electrons. The van der Waals surface area contributed by atoms with Gasteiger partial charge in [-0.1, -0.05) is 72.9 Å². The van der Waals surface area contributed by atoms with E-state index in [1.165, 1.54) is 19.3 Å². The minimum Gasteiger partial charge on any atom is -0.487 e. The number of hydrogen-bond acceptors (Lipinski definition) is 5. The largest absolute Gasteiger partial charge is 0.487 e. The van der Waals surface area contributed by atoms with Gasteiger partial charge in [0.15, 0.2) is 6.10 Å². The van der Waals surface area contributed by atoms with Crippen LogP contribution >= 0.6 is 0 Å². The van der Waals surface area contributed by atoms with Crippen LogP contribution in [0.15, 0.2) is 90.1 Å². The monoisotopic (exact) mass is 494 g/mol. The van der Waals surface area contributed by atoms with Crippen molar-refractivity contribution in [3.8, 4) is 5.75 Å². The molecule has 0 saturated heterocycles. The average Bonchev–Trinajstić information content (AvgIpc) is 2.95. The zero-order valence-corrected chi connectivity index (χ0v) is 20.6. The van der Waals surface area contributed by atoms with Gasteiger partial charge in [-0.3, -0.25) is 0 Å². The van der Waals surface area contributed by atoms with Crippen LogP contribution in [0, 0.1) is 5.92 Å². The van der Waals surface area contributed by atoms with Gasteiger partial charge in [-0.2, -0.15) is 0 Å². The molecule has 0 bridgehead atoms. The van der Waals surface area contributed by atoms with Crippen molar-refractivity contribution in [2.75, 3.05) is 0 Å². The average molecular weight is 495 g/mol. The van der Waals surface area contributed by atoms with E-state index in [2.05, 4.69) is 34.4 Å². The summed E-state index contributed by atoms with van der Waals surface area (Å²) >= 11 is 0. The summed E-state index contributed by atoms with van der Waals surface area (Å²) in [6, 6.07) is 26.8. The minimum atomic E-state index is -0.946. The van der Waals surface area contributed by atoms with E-state index in [1.54, 1.807) is 30.5 Å². The lowest BCUT2D eigenvalue weighted by molar-refractivity contribution is 0.00274. The van der Waals surface area contributed by atoms with Crippen molar-refractivity contribution in [3.63, 3.8) is 0 Å². The molecule has 1 aliphatic rings. The second kappa shape index (κ2) is 11.7. The predicted octanol–water partition coefficient (Wildman–Crippen LogP) is 7.18. The van der Waals surface area contributed by atoms with Crippen molar-refractivity contribution in [2.45, 2.75) is 44.8 Å². The first-order valence-corrected chi connectivity index (χ1v) is 12.8. The van der Waals surface area contributed by atoms with Gasteiger partial charge in [0.2, 0.25) is 0 Å². The van der Waals surface area contributed by atoms with E-state index >= 15 is 0 Å². The number of benzene rings is 3. The van der Waals surface area contributed by atoms with Crippen molar-refractivity contribution in [2.24, 2.45) is 11.1 Å². The van der Waals surface area contributed by atoms with Crippen LogP contribution in [0.25, 0.3) is 10.9 Å². The molecule has 5 rings (SSSR count). The fourth-order valence-corrected chi connectivity index (χ4v) is 4.82. The number of fused-ring (bicyclic) bond motifs is 1. The Labute approximate surface area is 216 Å². The minimum absolute atomic E-state index is 0.147. The number of rotatable bonds is 9. The molecule has 1 heterocycles. The van der Waals surface area contributed by atoms with Gasteiger partial charge < -0.3 is 14.7 Å². The van der Waals surface area contributed by atoms with E-state index in [1.807, 2.05) is 36.4 Å². The predicted molar refractivity (Wildman–Crippen MR) is 144 cm³/mol. The van der Waals surface area contributed by atoms with Gasteiger partial charge in [0.1, 0.15) is 12.4 Å². The van der Waals surface area contributed by atoms with Crippen LogP contribution < -0.4 is 4.74 Å². The number of carboxylic acid groups (broad SMARTS) is 1. The maximum absolute atomic E-state index is 11.1. The highest BCUT2D eigenvalue weighted by molar-refractivity contribution is 5.89. The molecule has 1 fully saturated rings. The van der Waals surface area contributed by atoms with Gasteiger partial charge in [0, 0.05) is 11.3 Å². The molecular weight excluding hydrogens is 464 g/mol. The van der Waals surface area contributed by atoms with Crippen molar-refractivity contribution < 1.29 is 19.5 Å². The number of carboxylic acids is 1. The molecule has 4 aromatic rings. The van der Waals surface area contributed by atoms with Crippen LogP contribution in [0.3, 0.4) is 0 Å². The molecule has 1 N–H and O–H groups in total. The molecule has 0 amide bonds. The zero-order chi connectivity index (χ0) is 25.5. The number of ether oxygens (including phenoxy) is 1. The lowest BCUT2D eigenvalue weighted by atomic mass is 9.83. The molecule has 0 spiro atoms. The van der Waals surface area contributed by atoms with Crippen LogP contribution in [-0.2, 0) is 11.4 Å². The molecular formula is C31H30N2O4. The maximum Gasteiger partial charge on any atom is 0.335 e. The third kappa shape index (κ3) is 6.33. The van der Waals surface area contributed by atoms with Gasteiger partial charge in [0.25, 0.3) is 0 Å². The van der Waals surface area contributed by atoms with E-state index in [0.29, 0.717) is 12.5 Å². The standard InChI is InChI=1S/C31H30N2O4/c34-31(35)26-12-10-22(11-13-26)20-32-37-30(24-7-2-1-3-8-24)25-15-18-28(19-16-25)36-21-27-17-14-23-6-4-5-9-29(23)33-27/h4-6,9-20,24,30H,1-3,7-8,21H2,(H,34,35)/b32-20-. The number of oxime groups is 1. The van der Waals surface area contributed by atoms with Gasteiger partial charge in [-0.15, -0.1) is 0 Å². The third-order valence-corrected chi connectivity index (χ3v) is 6.86. The Bertz CT molecular complexity index is 1360. The lowest BCUT2D eigenvalue weighted by Crippen LogP contribution is -2.17. The summed E-state index contributed by atoms with van der Waals surface area (Å²) in [5.41, 5.74) is 3.96. The van der Waals surface area contributed by atoms with Crippen molar-refractivity contribution in [1.29, 1.82) is 0 Å². The molecule has 1 unspecified atom stereocenters. The number of para-hydroxylation sites is 1. The molecule has 0 aliphatic heterocycles. The number of hydrogen-bond donors (Lipinski definition) is 1. The van der Waals surface area contributed by atoms with Crippen LogP contribution in [0.1, 0.15) is 65.4 Å². The Morgan fingerprint density at radius 1 is 0.946 bits per heavy atom. The van der Waals surface area contributed by atoms with E-state index < -0.39 is 5.97 Å². The molecule has 1 aromatic heterocycles. The van der Waals surface area contributed by atoms with Crippen LogP contribution in [0.4, 0.5) is 0 Å². The second-order valence-electron chi connectivity index (χ2n) is 9.44. The Hall–Kier alpha value is -4.19. The first kappa shape index (κ1) is 24.5. The summed E-state index contributed by atoms with van der Waals surface area (Å²) in [5.74, 6) is 0.232. The molecule has 3 aromatic carbocycles. The second-order valence-corrected chi connectivity index (χ2v) is 9.44. The normalized spacial score (nSPS) is 15.0. The SMILES string of the molecule is O=C(O)c1ccc(/C=N\OC(c2ccc(OCc3ccc4ccccc4n3)cc2)C2CCCCC2)cc1. The fourth-order valence-electron chi connectivity index (χ4n) is 4.82. The first-order valence-electron chi connectivity index (χ1n) is 12.8. The van der Waals surface area contributed by atoms with Crippen molar-refractivity contribution in [1.82, 2.24) is 4.98 Å². The molecule has 1 saturated carbocycles. The topological polar surface area (TPSA) is 81.0 Å². The van der Waals surface area contributed by atoms with Gasteiger partial charge in [-0.25, -0.2) is 9.78 Å². The highest BCUT2D eigenvalue weighted by Gasteiger charge is 2.27. The third-order valence-electron chi connectivity index (χ3n) is 6.86. The Balaban J connectivity index is 1.25. The summed E-state index contributed by atoms with van der Waals surface area (Å²) in [5, 5.41) is 14.5. The summed E-state index contributed by atoms with van der Waals surface area (Å²) in [4.78, 5) is 21.8. The number of nitrogens with zero attached hydrogens (tertiary/aromatic N) is 2. The maximum atomic E-state index is 11.1. The van der Waals surface area contributed by atoms with E-state index in [9.17, 15) is 4.79 Å². The first-order chi connectivity index (χ1) is 18.2. The molecule has 1 atom stereocenters. The Morgan fingerprint density at radius 3 is 2.46 bits per heavy atom. The van der Waals surface area contributed by atoms with Crippen LogP contribution in [-0.4, -0.2) is 22.3 Å². The molecule has 37 heavy (non-hydrogen) atoms. The smallest absolute Gasteiger partial charge is 0.335 e. The highest BCUT2D eigenvalue weighted by atomic mass is 16.6. The van der Waals surface area contributed by atoms with Crippen LogP contribution in [0.2, 0.25) is 0 Å². The summed E-state index contributed by atoms with van der Waals surface area (Å²) in [7, 11) is 0. The van der Waals surface area contributed by atoms with E-state index in [-0.39, 0.29) is 11.7 Å². The van der Waals surface area contributed by atoms with E-state index in [0.717, 1.165) is 46.3 Å². The zero-order valence-electron chi connectivity index (χ0n) is 20.6. The lowest BCUT2D eigenvalue weighted by Gasteiger charge is -2.28.